The van der Waals surface area contributed by atoms with Gasteiger partial charge in [-0.15, -0.1) is 0 Å². The first-order valence-corrected chi connectivity index (χ1v) is 9.34. The second kappa shape index (κ2) is 6.73. The molecule has 2 unspecified atom stereocenters. The molecule has 3 rings (SSSR count). The van der Waals surface area contributed by atoms with Crippen molar-refractivity contribution >= 4 is 28.6 Å². The fourth-order valence-electron chi connectivity index (χ4n) is 3.21. The zero-order chi connectivity index (χ0) is 18.4. The molecule has 1 aliphatic heterocycles. The first-order chi connectivity index (χ1) is 11.8. The molecule has 0 spiro atoms. The fraction of sp³-hybridized carbons (Fsp3) is 0.625. The van der Waals surface area contributed by atoms with Gasteiger partial charge in [0.2, 0.25) is 0 Å². The molecule has 0 aliphatic carbocycles. The van der Waals surface area contributed by atoms with Crippen LogP contribution in [0.3, 0.4) is 0 Å². The summed E-state index contributed by atoms with van der Waals surface area (Å²) >= 11 is 1.38. The van der Waals surface area contributed by atoms with Crippen LogP contribution in [0.25, 0.3) is 11.0 Å². The molecule has 0 radical (unpaired) electrons. The Morgan fingerprint density at radius 3 is 2.80 bits per heavy atom. The summed E-state index contributed by atoms with van der Waals surface area (Å²) < 4.78 is 13.5. The predicted molar refractivity (Wildman–Crippen MR) is 95.4 cm³/mol. The highest BCUT2D eigenvalue weighted by Gasteiger charge is 2.54. The minimum Gasteiger partial charge on any atom is -0.394 e. The smallest absolute Gasteiger partial charge is 0.191 e. The Bertz CT molecular complexity index is 764. The lowest BCUT2D eigenvalue weighted by molar-refractivity contribution is -0.123. The Balaban J connectivity index is 2.07. The maximum Gasteiger partial charge on any atom is 0.191 e. The summed E-state index contributed by atoms with van der Waals surface area (Å²) in [7, 11) is 0. The van der Waals surface area contributed by atoms with Crippen LogP contribution in [0, 0.1) is 0 Å². The number of rotatable bonds is 5. The van der Waals surface area contributed by atoms with Crippen LogP contribution in [0.1, 0.15) is 27.0 Å². The van der Waals surface area contributed by atoms with E-state index in [0.717, 1.165) is 0 Å². The van der Waals surface area contributed by atoms with Crippen molar-refractivity contribution in [2.75, 3.05) is 18.6 Å². The maximum absolute atomic E-state index is 11.1. The van der Waals surface area contributed by atoms with E-state index in [2.05, 4.69) is 9.97 Å². The van der Waals surface area contributed by atoms with Crippen molar-refractivity contribution in [3.05, 3.63) is 12.3 Å². The number of aliphatic hydroxyl groups excluding tert-OH is 1. The summed E-state index contributed by atoms with van der Waals surface area (Å²) in [4.78, 5) is 8.73. The molecular formula is C16H24N4O4S. The van der Waals surface area contributed by atoms with Crippen LogP contribution in [-0.4, -0.2) is 61.5 Å². The van der Waals surface area contributed by atoms with Gasteiger partial charge in [-0.3, -0.25) is 0 Å². The molecule has 138 valence electrons. The minimum atomic E-state index is -1.36. The zero-order valence-corrected chi connectivity index (χ0v) is 15.5. The lowest BCUT2D eigenvalue weighted by atomic mass is 9.96. The van der Waals surface area contributed by atoms with Crippen molar-refractivity contribution in [2.45, 2.75) is 56.1 Å². The second-order valence-corrected chi connectivity index (χ2v) is 7.37. The number of nitrogens with two attached hydrogens (primary N) is 1. The molecule has 0 amide bonds. The average Bonchev–Trinajstić information content (AvgIpc) is 3.07. The summed E-state index contributed by atoms with van der Waals surface area (Å²) in [6, 6.07) is 1.79. The molecule has 25 heavy (non-hydrogen) atoms. The molecule has 2 aromatic heterocycles. The van der Waals surface area contributed by atoms with Gasteiger partial charge in [0, 0.05) is 6.20 Å². The molecule has 3 heterocycles. The van der Waals surface area contributed by atoms with E-state index in [9.17, 15) is 10.2 Å². The second-order valence-electron chi connectivity index (χ2n) is 6.60. The number of ether oxygens (including phenoxy) is 2. The third kappa shape index (κ3) is 3.11. The van der Waals surface area contributed by atoms with Crippen LogP contribution >= 0.6 is 11.8 Å². The maximum atomic E-state index is 11.1. The van der Waals surface area contributed by atoms with Crippen LogP contribution in [-0.2, 0) is 9.47 Å². The number of thioether (sulfide) groups is 1. The fourth-order valence-corrected chi connectivity index (χ4v) is 3.58. The number of anilines is 1. The van der Waals surface area contributed by atoms with Gasteiger partial charge < -0.3 is 30.0 Å². The van der Waals surface area contributed by atoms with E-state index in [1.807, 2.05) is 20.1 Å². The first-order valence-electron chi connectivity index (χ1n) is 8.11. The van der Waals surface area contributed by atoms with Crippen molar-refractivity contribution in [1.29, 1.82) is 0 Å². The van der Waals surface area contributed by atoms with E-state index in [4.69, 9.17) is 15.2 Å². The number of hydrogen-bond donors (Lipinski definition) is 3. The standard InChI is InChI=1S/C16H24N4O4S/c1-8(2)23-11-10(7-21)24-14(16(11,3)22)20-6-5-9-12(17)18-15(25-4)19-13(9)20/h5-6,8,10-11,14,21-22H,7H2,1-4H3,(H2,17,18,19)/t10-,11-,14?,16?/m1/s1. The molecule has 2 aromatic rings. The number of aromatic nitrogens is 3. The van der Waals surface area contributed by atoms with E-state index >= 15 is 0 Å². The SMILES string of the molecule is CSc1nc(N)c2ccn(C3O[C@H](CO)[C@@H](OC(C)C)C3(C)O)c2n1. The van der Waals surface area contributed by atoms with Gasteiger partial charge in [-0.2, -0.15) is 0 Å². The topological polar surface area (TPSA) is 116 Å². The van der Waals surface area contributed by atoms with E-state index in [0.29, 0.717) is 22.0 Å². The highest BCUT2D eigenvalue weighted by molar-refractivity contribution is 7.98. The van der Waals surface area contributed by atoms with Crippen molar-refractivity contribution in [3.63, 3.8) is 0 Å². The van der Waals surface area contributed by atoms with Gasteiger partial charge >= 0.3 is 0 Å². The molecule has 0 bridgehead atoms. The number of aliphatic hydroxyl groups is 2. The lowest BCUT2D eigenvalue weighted by Gasteiger charge is -2.31. The van der Waals surface area contributed by atoms with Crippen LogP contribution in [0.15, 0.2) is 17.4 Å². The van der Waals surface area contributed by atoms with Gasteiger partial charge in [0.15, 0.2) is 11.4 Å². The van der Waals surface area contributed by atoms with E-state index < -0.39 is 24.0 Å². The Labute approximate surface area is 150 Å². The van der Waals surface area contributed by atoms with E-state index in [1.165, 1.54) is 11.8 Å². The lowest BCUT2D eigenvalue weighted by Crippen LogP contribution is -2.47. The van der Waals surface area contributed by atoms with Crippen molar-refractivity contribution < 1.29 is 19.7 Å². The molecule has 9 heteroatoms. The Kier molecular flexibility index (Phi) is 4.95. The van der Waals surface area contributed by atoms with Gasteiger partial charge in [-0.05, 0) is 33.1 Å². The molecular weight excluding hydrogens is 344 g/mol. The van der Waals surface area contributed by atoms with Crippen LogP contribution in [0.5, 0.6) is 0 Å². The average molecular weight is 368 g/mol. The molecule has 1 fully saturated rings. The van der Waals surface area contributed by atoms with Crippen molar-refractivity contribution in [3.8, 4) is 0 Å². The molecule has 1 aliphatic rings. The Morgan fingerprint density at radius 2 is 2.20 bits per heavy atom. The molecule has 4 N–H and O–H groups in total. The normalized spacial score (nSPS) is 29.8. The molecule has 0 aromatic carbocycles. The molecule has 8 nitrogen and oxygen atoms in total. The summed E-state index contributed by atoms with van der Waals surface area (Å²) in [5, 5.41) is 22.0. The minimum absolute atomic E-state index is 0.115. The molecule has 1 saturated heterocycles. The monoisotopic (exact) mass is 368 g/mol. The van der Waals surface area contributed by atoms with Gasteiger partial charge in [0.1, 0.15) is 29.3 Å². The first kappa shape index (κ1) is 18.4. The summed E-state index contributed by atoms with van der Waals surface area (Å²) in [5.41, 5.74) is 5.23. The predicted octanol–water partition coefficient (Wildman–Crippen LogP) is 1.17. The van der Waals surface area contributed by atoms with Crippen molar-refractivity contribution in [1.82, 2.24) is 14.5 Å². The molecule has 0 saturated carbocycles. The van der Waals surface area contributed by atoms with Gasteiger partial charge in [0.05, 0.1) is 18.1 Å². The number of hydrogen-bond acceptors (Lipinski definition) is 8. The Morgan fingerprint density at radius 1 is 1.48 bits per heavy atom. The van der Waals surface area contributed by atoms with E-state index in [1.54, 1.807) is 23.8 Å². The Hall–Kier alpha value is -1.39. The highest BCUT2D eigenvalue weighted by Crippen LogP contribution is 2.42. The number of fused-ring (bicyclic) bond motifs is 1. The summed E-state index contributed by atoms with van der Waals surface area (Å²) in [5.74, 6) is 0.374. The van der Waals surface area contributed by atoms with Gasteiger partial charge in [0.25, 0.3) is 0 Å². The van der Waals surface area contributed by atoms with Crippen LogP contribution < -0.4 is 5.73 Å². The third-order valence-corrected chi connectivity index (χ3v) is 4.88. The van der Waals surface area contributed by atoms with Crippen LogP contribution in [0.4, 0.5) is 5.82 Å². The summed E-state index contributed by atoms with van der Waals surface area (Å²) in [6.07, 6.45) is 1.43. The van der Waals surface area contributed by atoms with Crippen LogP contribution in [0.2, 0.25) is 0 Å². The van der Waals surface area contributed by atoms with Crippen molar-refractivity contribution in [2.24, 2.45) is 0 Å². The molecule has 4 atom stereocenters. The van der Waals surface area contributed by atoms with Gasteiger partial charge in [-0.25, -0.2) is 9.97 Å². The quantitative estimate of drug-likeness (QED) is 0.532. The summed E-state index contributed by atoms with van der Waals surface area (Å²) in [6.45, 7) is 5.14. The third-order valence-electron chi connectivity index (χ3n) is 4.33. The number of nitrogens with zero attached hydrogens (tertiary/aromatic N) is 3. The van der Waals surface area contributed by atoms with E-state index in [-0.39, 0.29) is 12.7 Å². The largest absolute Gasteiger partial charge is 0.394 e. The highest BCUT2D eigenvalue weighted by atomic mass is 32.2. The van der Waals surface area contributed by atoms with Gasteiger partial charge in [-0.1, -0.05) is 11.8 Å². The zero-order valence-electron chi connectivity index (χ0n) is 14.7. The number of nitrogen functional groups attached to an aromatic ring is 1.